The van der Waals surface area contributed by atoms with Gasteiger partial charge in [0.25, 0.3) is 0 Å². The number of carbonyl (C=O) groups excluding carboxylic acids is 2. The second-order valence-electron chi connectivity index (χ2n) is 16.1. The molecule has 0 aliphatic rings. The van der Waals surface area contributed by atoms with Gasteiger partial charge in [-0.25, -0.2) is 0 Å². The van der Waals surface area contributed by atoms with Crippen molar-refractivity contribution in [2.45, 2.75) is 251 Å². The van der Waals surface area contributed by atoms with Gasteiger partial charge in [-0.3, -0.25) is 9.59 Å². The molecule has 2 atom stereocenters. The number of nitrogens with one attached hydrogen (secondary N) is 1. The summed E-state index contributed by atoms with van der Waals surface area (Å²) in [6, 6.07) is -0.646. The fraction of sp³-hybridized carbons (Fsp3) is 0.837. The Bertz CT molecular complexity index is 900. The molecule has 0 saturated carbocycles. The van der Waals surface area contributed by atoms with Crippen LogP contribution in [0.4, 0.5) is 0 Å². The van der Waals surface area contributed by atoms with Crippen LogP contribution in [0.1, 0.15) is 239 Å². The summed E-state index contributed by atoms with van der Waals surface area (Å²) in [6.07, 6.45) is 52.7. The number of aliphatic hydroxyl groups excluding tert-OH is 2. The van der Waals surface area contributed by atoms with Crippen LogP contribution in [0.25, 0.3) is 0 Å². The number of carbonyl (C=O) groups is 2. The molecule has 322 valence electrons. The number of hydrogen-bond donors (Lipinski definition) is 3. The zero-order valence-electron chi connectivity index (χ0n) is 36.4. The molecular formula is C49H91NO5. The standard InChI is InChI=1S/C49H91NO5/c1-3-5-7-9-11-13-15-17-21-25-29-33-37-41-47(52)46(45-51)50-48(53)42-38-34-30-26-22-19-20-24-28-32-36-40-44-55-49(54)43-39-35-31-27-23-18-16-14-12-10-8-6-4-2/h14,16,20,24,37,41,46-47,51-52H,3-13,15,17-19,21-23,25-36,38-40,42-45H2,1-2H3,(H,50,53)/b16-14-,24-20-,41-37+. The van der Waals surface area contributed by atoms with Crippen molar-refractivity contribution in [3.05, 3.63) is 36.5 Å². The van der Waals surface area contributed by atoms with Gasteiger partial charge in [0.15, 0.2) is 0 Å². The van der Waals surface area contributed by atoms with Crippen molar-refractivity contribution >= 4 is 11.9 Å². The number of aliphatic hydroxyl groups is 2. The van der Waals surface area contributed by atoms with E-state index in [1.54, 1.807) is 6.08 Å². The monoisotopic (exact) mass is 774 g/mol. The van der Waals surface area contributed by atoms with Crippen LogP contribution < -0.4 is 5.32 Å². The molecule has 0 bridgehead atoms. The maximum absolute atomic E-state index is 12.4. The van der Waals surface area contributed by atoms with Crippen LogP contribution in [0, 0.1) is 0 Å². The van der Waals surface area contributed by atoms with Crippen molar-refractivity contribution in [3.63, 3.8) is 0 Å². The third-order valence-electron chi connectivity index (χ3n) is 10.6. The van der Waals surface area contributed by atoms with Crippen LogP contribution >= 0.6 is 0 Å². The number of amides is 1. The number of allylic oxidation sites excluding steroid dienone is 5. The minimum atomic E-state index is -0.860. The van der Waals surface area contributed by atoms with Gasteiger partial charge in [-0.2, -0.15) is 0 Å². The van der Waals surface area contributed by atoms with Crippen LogP contribution in [0.3, 0.4) is 0 Å². The van der Waals surface area contributed by atoms with Gasteiger partial charge in [-0.1, -0.05) is 172 Å². The van der Waals surface area contributed by atoms with E-state index in [1.165, 1.54) is 128 Å². The van der Waals surface area contributed by atoms with Gasteiger partial charge >= 0.3 is 5.97 Å². The van der Waals surface area contributed by atoms with Gasteiger partial charge in [0.1, 0.15) is 0 Å². The van der Waals surface area contributed by atoms with Crippen molar-refractivity contribution in [2.75, 3.05) is 13.2 Å². The van der Waals surface area contributed by atoms with Crippen molar-refractivity contribution in [2.24, 2.45) is 0 Å². The Morgan fingerprint density at radius 1 is 0.491 bits per heavy atom. The minimum Gasteiger partial charge on any atom is -0.466 e. The predicted octanol–water partition coefficient (Wildman–Crippen LogP) is 13.7. The summed E-state index contributed by atoms with van der Waals surface area (Å²) in [6.45, 7) is 4.80. The predicted molar refractivity (Wildman–Crippen MR) is 236 cm³/mol. The Balaban J connectivity index is 3.56. The van der Waals surface area contributed by atoms with E-state index < -0.39 is 12.1 Å². The number of ether oxygens (including phenoxy) is 1. The van der Waals surface area contributed by atoms with Crippen LogP contribution in [-0.4, -0.2) is 47.4 Å². The zero-order chi connectivity index (χ0) is 40.1. The molecule has 0 heterocycles. The van der Waals surface area contributed by atoms with Gasteiger partial charge in [0.05, 0.1) is 25.4 Å². The number of rotatable bonds is 43. The fourth-order valence-electron chi connectivity index (χ4n) is 6.91. The van der Waals surface area contributed by atoms with E-state index >= 15 is 0 Å². The Hall–Kier alpha value is -1.92. The highest BCUT2D eigenvalue weighted by molar-refractivity contribution is 5.76. The molecular weight excluding hydrogens is 683 g/mol. The first-order valence-corrected chi connectivity index (χ1v) is 23.8. The van der Waals surface area contributed by atoms with Gasteiger partial charge in [0, 0.05) is 12.8 Å². The summed E-state index contributed by atoms with van der Waals surface area (Å²) in [5.41, 5.74) is 0. The molecule has 0 rings (SSSR count). The third-order valence-corrected chi connectivity index (χ3v) is 10.6. The van der Waals surface area contributed by atoms with Crippen molar-refractivity contribution in [1.29, 1.82) is 0 Å². The van der Waals surface area contributed by atoms with E-state index in [4.69, 9.17) is 4.74 Å². The van der Waals surface area contributed by atoms with E-state index in [1.807, 2.05) is 6.08 Å². The molecule has 0 aliphatic heterocycles. The summed E-state index contributed by atoms with van der Waals surface area (Å²) in [5.74, 6) is -0.131. The van der Waals surface area contributed by atoms with E-state index in [2.05, 4.69) is 43.5 Å². The van der Waals surface area contributed by atoms with Gasteiger partial charge in [-0.05, 0) is 89.9 Å². The van der Waals surface area contributed by atoms with Gasteiger partial charge in [-0.15, -0.1) is 0 Å². The van der Waals surface area contributed by atoms with Crippen molar-refractivity contribution in [3.8, 4) is 0 Å². The lowest BCUT2D eigenvalue weighted by molar-refractivity contribution is -0.143. The summed E-state index contributed by atoms with van der Waals surface area (Å²) in [7, 11) is 0. The summed E-state index contributed by atoms with van der Waals surface area (Å²) < 4.78 is 5.42. The minimum absolute atomic E-state index is 0.0346. The summed E-state index contributed by atoms with van der Waals surface area (Å²) >= 11 is 0. The average molecular weight is 774 g/mol. The van der Waals surface area contributed by atoms with E-state index in [0.717, 1.165) is 83.5 Å². The molecule has 55 heavy (non-hydrogen) atoms. The summed E-state index contributed by atoms with van der Waals surface area (Å²) in [4.78, 5) is 24.4. The molecule has 0 aromatic heterocycles. The average Bonchev–Trinajstić information content (AvgIpc) is 3.18. The van der Waals surface area contributed by atoms with Gasteiger partial charge in [0.2, 0.25) is 5.91 Å². The number of esters is 1. The first kappa shape index (κ1) is 53.1. The molecule has 0 aromatic rings. The normalized spacial score (nSPS) is 13.0. The first-order valence-electron chi connectivity index (χ1n) is 23.8. The SMILES string of the molecule is CCCCCC/C=C\CCCCCCCC(=O)OCCCCC/C=C\CCCCCCCC(=O)NC(CO)C(O)/C=C/CCCCCCCCCCCCC. The number of unbranched alkanes of at least 4 members (excludes halogenated alkanes) is 28. The van der Waals surface area contributed by atoms with Crippen molar-refractivity contribution < 1.29 is 24.5 Å². The van der Waals surface area contributed by atoms with Crippen LogP contribution in [-0.2, 0) is 14.3 Å². The second kappa shape index (κ2) is 44.8. The highest BCUT2D eigenvalue weighted by atomic mass is 16.5. The lowest BCUT2D eigenvalue weighted by Crippen LogP contribution is -2.45. The topological polar surface area (TPSA) is 95.9 Å². The third kappa shape index (κ3) is 41.5. The Morgan fingerprint density at radius 2 is 0.855 bits per heavy atom. The quantitative estimate of drug-likeness (QED) is 0.0326. The zero-order valence-corrected chi connectivity index (χ0v) is 36.4. The van der Waals surface area contributed by atoms with Crippen LogP contribution in [0.5, 0.6) is 0 Å². The molecule has 0 aliphatic carbocycles. The molecule has 0 fully saturated rings. The summed E-state index contributed by atoms with van der Waals surface area (Å²) in [5, 5.41) is 23.0. The Kier molecular flexibility index (Phi) is 43.2. The molecule has 1 amide bonds. The van der Waals surface area contributed by atoms with Crippen LogP contribution in [0.2, 0.25) is 0 Å². The molecule has 6 nitrogen and oxygen atoms in total. The fourth-order valence-corrected chi connectivity index (χ4v) is 6.91. The maximum Gasteiger partial charge on any atom is 0.305 e. The lowest BCUT2D eigenvalue weighted by Gasteiger charge is -2.20. The van der Waals surface area contributed by atoms with E-state index in [-0.39, 0.29) is 18.5 Å². The molecule has 0 spiro atoms. The van der Waals surface area contributed by atoms with E-state index in [0.29, 0.717) is 19.4 Å². The van der Waals surface area contributed by atoms with Gasteiger partial charge < -0.3 is 20.3 Å². The molecule has 0 saturated heterocycles. The Labute approximate surface area is 341 Å². The molecule has 0 radical (unpaired) electrons. The largest absolute Gasteiger partial charge is 0.466 e. The maximum atomic E-state index is 12.4. The first-order chi connectivity index (χ1) is 27.0. The molecule has 3 N–H and O–H groups in total. The molecule has 6 heteroatoms. The highest BCUT2D eigenvalue weighted by Crippen LogP contribution is 2.14. The van der Waals surface area contributed by atoms with Crippen molar-refractivity contribution in [1.82, 2.24) is 5.32 Å². The molecule has 0 aromatic carbocycles. The van der Waals surface area contributed by atoms with E-state index in [9.17, 15) is 19.8 Å². The molecule has 2 unspecified atom stereocenters. The lowest BCUT2D eigenvalue weighted by atomic mass is 10.0. The smallest absolute Gasteiger partial charge is 0.305 e. The highest BCUT2D eigenvalue weighted by Gasteiger charge is 2.18. The number of hydrogen-bond acceptors (Lipinski definition) is 5. The Morgan fingerprint density at radius 3 is 1.31 bits per heavy atom. The second-order valence-corrected chi connectivity index (χ2v) is 16.1. The van der Waals surface area contributed by atoms with Crippen LogP contribution in [0.15, 0.2) is 36.5 Å².